The minimum absolute atomic E-state index is 0.246. The molecule has 0 bridgehead atoms. The fourth-order valence-corrected chi connectivity index (χ4v) is 3.25. The molecule has 1 saturated heterocycles. The molecular formula is C15H18N6O2S. The monoisotopic (exact) mass is 346 g/mol. The van der Waals surface area contributed by atoms with Gasteiger partial charge in [-0.3, -0.25) is 9.69 Å². The highest BCUT2D eigenvalue weighted by atomic mass is 32.2. The molecule has 0 unspecified atom stereocenters. The van der Waals surface area contributed by atoms with E-state index in [2.05, 4.69) is 20.8 Å². The number of carbonyl (C=O) groups is 2. The number of benzene rings is 1. The summed E-state index contributed by atoms with van der Waals surface area (Å²) in [6.07, 6.45) is 0. The molecule has 126 valence electrons. The van der Waals surface area contributed by atoms with Gasteiger partial charge >= 0.3 is 6.03 Å². The van der Waals surface area contributed by atoms with Crippen molar-refractivity contribution in [2.24, 2.45) is 0 Å². The van der Waals surface area contributed by atoms with Crippen molar-refractivity contribution in [1.29, 1.82) is 0 Å². The van der Waals surface area contributed by atoms with Gasteiger partial charge in [0.1, 0.15) is 0 Å². The number of aryl methyl sites for hydroxylation is 2. The molecule has 1 atom stereocenters. The summed E-state index contributed by atoms with van der Waals surface area (Å²) < 4.78 is 1.60. The molecule has 9 heteroatoms. The maximum atomic E-state index is 12.4. The summed E-state index contributed by atoms with van der Waals surface area (Å²) in [4.78, 5) is 25.2. The van der Waals surface area contributed by atoms with E-state index in [-0.39, 0.29) is 11.9 Å². The average molecular weight is 346 g/mol. The van der Waals surface area contributed by atoms with Gasteiger partial charge in [0.05, 0.1) is 10.9 Å². The minimum atomic E-state index is -0.467. The number of hydrogen-bond acceptors (Lipinski definition) is 6. The van der Waals surface area contributed by atoms with Crippen LogP contribution in [-0.4, -0.2) is 55.4 Å². The van der Waals surface area contributed by atoms with Gasteiger partial charge < -0.3 is 5.32 Å². The van der Waals surface area contributed by atoms with Gasteiger partial charge in [0.25, 0.3) is 0 Å². The first-order chi connectivity index (χ1) is 11.5. The third-order valence-corrected chi connectivity index (χ3v) is 4.95. The molecule has 1 N–H and O–H groups in total. The highest BCUT2D eigenvalue weighted by Crippen LogP contribution is 2.25. The molecule has 2 aromatic rings. The average Bonchev–Trinajstić information content (AvgIpc) is 3.18. The van der Waals surface area contributed by atoms with Crippen molar-refractivity contribution in [3.05, 3.63) is 29.3 Å². The van der Waals surface area contributed by atoms with E-state index < -0.39 is 5.25 Å². The number of carbonyl (C=O) groups excluding carboxylic acids is 2. The third kappa shape index (κ3) is 3.12. The van der Waals surface area contributed by atoms with Crippen LogP contribution in [0.5, 0.6) is 0 Å². The smallest absolute Gasteiger partial charge is 0.324 e. The maximum absolute atomic E-state index is 12.4. The van der Waals surface area contributed by atoms with Crippen LogP contribution in [0.3, 0.4) is 0 Å². The van der Waals surface area contributed by atoms with Gasteiger partial charge in [0.2, 0.25) is 11.1 Å². The quantitative estimate of drug-likeness (QED) is 0.839. The molecule has 1 fully saturated rings. The number of nitrogens with zero attached hydrogens (tertiary/aromatic N) is 5. The summed E-state index contributed by atoms with van der Waals surface area (Å²) in [5, 5.41) is 14.4. The molecule has 0 spiro atoms. The zero-order valence-electron chi connectivity index (χ0n) is 13.7. The number of tetrazole rings is 1. The first kappa shape index (κ1) is 16.4. The molecule has 2 heterocycles. The van der Waals surface area contributed by atoms with E-state index in [1.54, 1.807) is 11.6 Å². The second-order valence-electron chi connectivity index (χ2n) is 5.62. The molecular weight excluding hydrogens is 328 g/mol. The fraction of sp³-hybridized carbons (Fsp3) is 0.400. The van der Waals surface area contributed by atoms with Crippen LogP contribution in [0.15, 0.2) is 23.4 Å². The Morgan fingerprint density at radius 3 is 2.79 bits per heavy atom. The number of thioether (sulfide) groups is 1. The zero-order chi connectivity index (χ0) is 17.3. The summed E-state index contributed by atoms with van der Waals surface area (Å²) >= 11 is 1.23. The third-order valence-electron chi connectivity index (χ3n) is 3.93. The van der Waals surface area contributed by atoms with Gasteiger partial charge in [-0.05, 0) is 54.5 Å². The van der Waals surface area contributed by atoms with Crippen molar-refractivity contribution in [1.82, 2.24) is 30.4 Å². The van der Waals surface area contributed by atoms with E-state index in [0.717, 1.165) is 11.3 Å². The molecule has 24 heavy (non-hydrogen) atoms. The minimum Gasteiger partial charge on any atom is -0.336 e. The Balaban J connectivity index is 1.79. The van der Waals surface area contributed by atoms with Crippen molar-refractivity contribution in [3.8, 4) is 5.69 Å². The van der Waals surface area contributed by atoms with Crippen molar-refractivity contribution in [2.45, 2.75) is 31.2 Å². The molecule has 1 aliphatic rings. The van der Waals surface area contributed by atoms with Crippen molar-refractivity contribution in [3.63, 3.8) is 0 Å². The Morgan fingerprint density at radius 1 is 1.33 bits per heavy atom. The summed E-state index contributed by atoms with van der Waals surface area (Å²) in [5.41, 5.74) is 3.16. The van der Waals surface area contributed by atoms with Crippen LogP contribution < -0.4 is 5.32 Å². The molecule has 1 aromatic carbocycles. The maximum Gasteiger partial charge on any atom is 0.324 e. The lowest BCUT2D eigenvalue weighted by Crippen LogP contribution is -2.39. The van der Waals surface area contributed by atoms with Crippen molar-refractivity contribution in [2.75, 3.05) is 13.1 Å². The number of urea groups is 1. The molecule has 1 aromatic heterocycles. The van der Waals surface area contributed by atoms with E-state index in [0.29, 0.717) is 18.2 Å². The normalized spacial score (nSPS) is 15.5. The lowest BCUT2D eigenvalue weighted by Gasteiger charge is -2.17. The Bertz CT molecular complexity index is 790. The Kier molecular flexibility index (Phi) is 4.52. The summed E-state index contributed by atoms with van der Waals surface area (Å²) in [6.45, 7) is 6.69. The van der Waals surface area contributed by atoms with E-state index in [1.807, 2.05) is 32.0 Å². The van der Waals surface area contributed by atoms with E-state index in [1.165, 1.54) is 22.2 Å². The van der Waals surface area contributed by atoms with Gasteiger partial charge in [0.15, 0.2) is 0 Å². The zero-order valence-corrected chi connectivity index (χ0v) is 14.5. The van der Waals surface area contributed by atoms with Crippen LogP contribution in [0.2, 0.25) is 0 Å². The van der Waals surface area contributed by atoms with Gasteiger partial charge in [-0.25, -0.2) is 4.79 Å². The first-order valence-electron chi connectivity index (χ1n) is 7.59. The van der Waals surface area contributed by atoms with Crippen molar-refractivity contribution >= 4 is 23.7 Å². The standard InChI is InChI=1S/C15H18N6O2S/c1-9-4-5-12(8-10(9)2)21-15(17-18-19-21)24-11(3)13(22)20-7-6-16-14(20)23/h4-5,8,11H,6-7H2,1-3H3,(H,16,23)/t11-/m0/s1. The predicted octanol–water partition coefficient (Wildman–Crippen LogP) is 1.31. The van der Waals surface area contributed by atoms with Crippen LogP contribution in [0.25, 0.3) is 5.69 Å². The fourth-order valence-electron chi connectivity index (χ4n) is 2.38. The lowest BCUT2D eigenvalue weighted by atomic mass is 10.1. The Morgan fingerprint density at radius 2 is 2.12 bits per heavy atom. The molecule has 1 aliphatic heterocycles. The highest BCUT2D eigenvalue weighted by molar-refractivity contribution is 8.00. The molecule has 0 saturated carbocycles. The van der Waals surface area contributed by atoms with Crippen molar-refractivity contribution < 1.29 is 9.59 Å². The Labute approximate surface area is 143 Å². The second kappa shape index (κ2) is 6.60. The van der Waals surface area contributed by atoms with E-state index in [4.69, 9.17) is 0 Å². The second-order valence-corrected chi connectivity index (χ2v) is 6.93. The number of aromatic nitrogens is 4. The van der Waals surface area contributed by atoms with Crippen LogP contribution in [0, 0.1) is 13.8 Å². The molecule has 0 aliphatic carbocycles. The van der Waals surface area contributed by atoms with Gasteiger partial charge in [0, 0.05) is 13.1 Å². The molecule has 3 rings (SSSR count). The van der Waals surface area contributed by atoms with Gasteiger partial charge in [-0.1, -0.05) is 17.8 Å². The van der Waals surface area contributed by atoms with Crippen LogP contribution >= 0.6 is 11.8 Å². The van der Waals surface area contributed by atoms with Gasteiger partial charge in [-0.15, -0.1) is 5.10 Å². The van der Waals surface area contributed by atoms with E-state index in [9.17, 15) is 9.59 Å². The summed E-state index contributed by atoms with van der Waals surface area (Å²) in [5.74, 6) is -0.246. The Hall–Kier alpha value is -2.42. The van der Waals surface area contributed by atoms with Crippen LogP contribution in [0.4, 0.5) is 4.79 Å². The lowest BCUT2D eigenvalue weighted by molar-refractivity contribution is -0.126. The molecule has 3 amide bonds. The van der Waals surface area contributed by atoms with Crippen LogP contribution in [0.1, 0.15) is 18.1 Å². The SMILES string of the molecule is Cc1ccc(-n2nnnc2S[C@@H](C)C(=O)N2CCNC2=O)cc1C. The number of hydrogen-bond donors (Lipinski definition) is 1. The number of nitrogens with one attached hydrogen (secondary N) is 1. The number of imide groups is 1. The summed E-state index contributed by atoms with van der Waals surface area (Å²) in [7, 11) is 0. The van der Waals surface area contributed by atoms with E-state index >= 15 is 0 Å². The number of amides is 3. The predicted molar refractivity (Wildman–Crippen MR) is 89.1 cm³/mol. The molecule has 8 nitrogen and oxygen atoms in total. The highest BCUT2D eigenvalue weighted by Gasteiger charge is 2.31. The summed E-state index contributed by atoms with van der Waals surface area (Å²) in [6, 6.07) is 5.59. The largest absolute Gasteiger partial charge is 0.336 e. The topological polar surface area (TPSA) is 93.0 Å². The van der Waals surface area contributed by atoms with Gasteiger partial charge in [-0.2, -0.15) is 4.68 Å². The molecule has 0 radical (unpaired) electrons. The first-order valence-corrected chi connectivity index (χ1v) is 8.47. The van der Waals surface area contributed by atoms with Crippen LogP contribution in [-0.2, 0) is 4.79 Å². The number of rotatable bonds is 4.